The van der Waals surface area contributed by atoms with E-state index in [-0.39, 0.29) is 29.4 Å². The molecule has 1 aliphatic rings. The molecule has 0 saturated heterocycles. The van der Waals surface area contributed by atoms with Crippen molar-refractivity contribution in [1.82, 2.24) is 35.0 Å². The number of nitrogens with two attached hydrogens (primary N) is 1. The molecule has 1 aromatic carbocycles. The molecule has 0 atom stereocenters. The van der Waals surface area contributed by atoms with Gasteiger partial charge in [0.05, 0.1) is 17.9 Å². The highest BCUT2D eigenvalue weighted by molar-refractivity contribution is 6.30. The van der Waals surface area contributed by atoms with E-state index in [2.05, 4.69) is 26.6 Å². The van der Waals surface area contributed by atoms with Gasteiger partial charge in [-0.2, -0.15) is 10.2 Å². The fourth-order valence-electron chi connectivity index (χ4n) is 5.35. The number of hydrogen-bond donors (Lipinski definition) is 2. The van der Waals surface area contributed by atoms with Gasteiger partial charge < -0.3 is 5.73 Å². The highest BCUT2D eigenvalue weighted by Crippen LogP contribution is 2.42. The van der Waals surface area contributed by atoms with Gasteiger partial charge in [0.1, 0.15) is 11.4 Å². The minimum Gasteiger partial charge on any atom is -0.330 e. The van der Waals surface area contributed by atoms with Crippen LogP contribution in [0.2, 0.25) is 5.02 Å². The van der Waals surface area contributed by atoms with Gasteiger partial charge in [-0.05, 0) is 75.3 Å². The molecule has 1 fully saturated rings. The van der Waals surface area contributed by atoms with Crippen LogP contribution in [0, 0.1) is 13.8 Å². The number of H-pyrrole nitrogens is 1. The van der Waals surface area contributed by atoms with Crippen LogP contribution in [0.25, 0.3) is 11.4 Å². The van der Waals surface area contributed by atoms with Crippen LogP contribution in [0.5, 0.6) is 0 Å². The topological polar surface area (TPSA) is 120 Å². The lowest BCUT2D eigenvalue weighted by molar-refractivity contribution is 0.222. The summed E-state index contributed by atoms with van der Waals surface area (Å²) in [5.41, 5.74) is 11.8. The maximum absolute atomic E-state index is 12.8. The highest BCUT2D eigenvalue weighted by Gasteiger charge is 2.37. The van der Waals surface area contributed by atoms with Gasteiger partial charge in [-0.15, -0.1) is 17.5 Å². The molecular formula is C26H32Cl2N8O. The maximum Gasteiger partial charge on any atom is 0.267 e. The lowest BCUT2D eigenvalue weighted by atomic mass is 9.68. The van der Waals surface area contributed by atoms with E-state index < -0.39 is 0 Å². The Morgan fingerprint density at radius 2 is 1.95 bits per heavy atom. The van der Waals surface area contributed by atoms with Crippen LogP contribution >= 0.6 is 24.0 Å². The molecule has 3 aromatic heterocycles. The Morgan fingerprint density at radius 1 is 1.16 bits per heavy atom. The summed E-state index contributed by atoms with van der Waals surface area (Å²) in [6.07, 6.45) is 6.06. The summed E-state index contributed by atoms with van der Waals surface area (Å²) in [6.45, 7) is 5.24. The molecule has 0 bridgehead atoms. The number of nitrogens with one attached hydrogen (secondary N) is 1. The zero-order valence-corrected chi connectivity index (χ0v) is 22.6. The first-order valence-electron chi connectivity index (χ1n) is 12.4. The van der Waals surface area contributed by atoms with Gasteiger partial charge in [0.15, 0.2) is 0 Å². The van der Waals surface area contributed by atoms with Crippen molar-refractivity contribution in [3.05, 3.63) is 80.5 Å². The monoisotopic (exact) mass is 542 g/mol. The molecule has 0 radical (unpaired) electrons. The SMILES string of the molecule is Cc1n[nH]c(C)c1CCn1cc(-c2ccc(=O)n([C@H]3CC[C@@](CN)(c4cccc(Cl)c4)CC3)n2)nn1.Cl. The molecule has 3 heterocycles. The third-order valence-corrected chi connectivity index (χ3v) is 7.82. The molecule has 37 heavy (non-hydrogen) atoms. The summed E-state index contributed by atoms with van der Waals surface area (Å²) in [6, 6.07) is 11.3. The number of aromatic nitrogens is 7. The van der Waals surface area contributed by atoms with Crippen molar-refractivity contribution < 1.29 is 0 Å². The van der Waals surface area contributed by atoms with E-state index in [1.165, 1.54) is 11.1 Å². The summed E-state index contributed by atoms with van der Waals surface area (Å²) in [4.78, 5) is 12.8. The molecule has 196 valence electrons. The molecule has 0 unspecified atom stereocenters. The predicted octanol–water partition coefficient (Wildman–Crippen LogP) is 4.17. The van der Waals surface area contributed by atoms with Gasteiger partial charge in [-0.3, -0.25) is 14.6 Å². The number of nitrogens with zero attached hydrogens (tertiary/aromatic N) is 6. The quantitative estimate of drug-likeness (QED) is 0.361. The second-order valence-electron chi connectivity index (χ2n) is 9.76. The summed E-state index contributed by atoms with van der Waals surface area (Å²) in [5.74, 6) is 0. The smallest absolute Gasteiger partial charge is 0.267 e. The fraction of sp³-hybridized carbons (Fsp3) is 0.423. The van der Waals surface area contributed by atoms with Gasteiger partial charge in [0, 0.05) is 35.3 Å². The Kier molecular flexibility index (Phi) is 8.16. The van der Waals surface area contributed by atoms with E-state index in [0.717, 1.165) is 48.5 Å². The molecule has 3 N–H and O–H groups in total. The van der Waals surface area contributed by atoms with Crippen LogP contribution in [0.3, 0.4) is 0 Å². The van der Waals surface area contributed by atoms with Crippen molar-refractivity contribution in [2.24, 2.45) is 5.73 Å². The largest absolute Gasteiger partial charge is 0.330 e. The first kappa shape index (κ1) is 27.0. The van der Waals surface area contributed by atoms with E-state index in [1.54, 1.807) is 21.5 Å². The van der Waals surface area contributed by atoms with Crippen LogP contribution in [0.4, 0.5) is 0 Å². The van der Waals surface area contributed by atoms with Crippen LogP contribution in [-0.4, -0.2) is 41.5 Å². The third-order valence-electron chi connectivity index (χ3n) is 7.58. The van der Waals surface area contributed by atoms with Crippen molar-refractivity contribution >= 4 is 24.0 Å². The molecule has 5 rings (SSSR count). The van der Waals surface area contributed by atoms with Crippen molar-refractivity contribution in [1.29, 1.82) is 0 Å². The average molecular weight is 544 g/mol. The van der Waals surface area contributed by atoms with Crippen molar-refractivity contribution in [2.75, 3.05) is 6.54 Å². The highest BCUT2D eigenvalue weighted by atomic mass is 35.5. The van der Waals surface area contributed by atoms with Crippen molar-refractivity contribution in [3.8, 4) is 11.4 Å². The molecule has 0 amide bonds. The zero-order valence-electron chi connectivity index (χ0n) is 21.0. The molecule has 0 aliphatic heterocycles. The summed E-state index contributed by atoms with van der Waals surface area (Å²) >= 11 is 6.25. The maximum atomic E-state index is 12.8. The second-order valence-corrected chi connectivity index (χ2v) is 10.2. The Balaban J connectivity index is 0.00000320. The number of aromatic amines is 1. The van der Waals surface area contributed by atoms with Gasteiger partial charge >= 0.3 is 0 Å². The number of benzene rings is 1. The number of rotatable bonds is 7. The van der Waals surface area contributed by atoms with E-state index in [4.69, 9.17) is 22.4 Å². The average Bonchev–Trinajstić information content (AvgIpc) is 3.49. The number of halogens is 2. The standard InChI is InChI=1S/C26H31ClN8O.ClH/c1-17-22(18(2)30-29-17)10-13-34-15-24(31-33-34)23-6-7-25(36)35(32-23)21-8-11-26(16-28,12-9-21)19-4-3-5-20(27)14-19;/h3-7,14-15,21H,8-13,16,28H2,1-2H3,(H,29,30);1H/t21-,26+;. The number of hydrogen-bond acceptors (Lipinski definition) is 6. The van der Waals surface area contributed by atoms with E-state index in [1.807, 2.05) is 38.2 Å². The van der Waals surface area contributed by atoms with Crippen molar-refractivity contribution in [2.45, 2.75) is 64.0 Å². The Bertz CT molecular complexity index is 1400. The normalized spacial score (nSPS) is 19.5. The van der Waals surface area contributed by atoms with Crippen LogP contribution in [-0.2, 0) is 18.4 Å². The van der Waals surface area contributed by atoms with Crippen LogP contribution in [0.1, 0.15) is 54.2 Å². The minimum atomic E-state index is -0.128. The Morgan fingerprint density at radius 3 is 2.62 bits per heavy atom. The predicted molar refractivity (Wildman–Crippen MR) is 146 cm³/mol. The van der Waals surface area contributed by atoms with Gasteiger partial charge in [-0.1, -0.05) is 28.9 Å². The van der Waals surface area contributed by atoms with Gasteiger partial charge in [-0.25, -0.2) is 4.68 Å². The lowest BCUT2D eigenvalue weighted by Gasteiger charge is -2.40. The van der Waals surface area contributed by atoms with Gasteiger partial charge in [0.25, 0.3) is 5.56 Å². The van der Waals surface area contributed by atoms with Crippen LogP contribution < -0.4 is 11.3 Å². The zero-order chi connectivity index (χ0) is 25.3. The molecule has 9 nitrogen and oxygen atoms in total. The molecule has 4 aromatic rings. The van der Waals surface area contributed by atoms with E-state index >= 15 is 0 Å². The molecule has 0 spiro atoms. The first-order valence-corrected chi connectivity index (χ1v) is 12.7. The fourth-order valence-corrected chi connectivity index (χ4v) is 5.54. The molecular weight excluding hydrogens is 511 g/mol. The van der Waals surface area contributed by atoms with Crippen LogP contribution in [0.15, 0.2) is 47.4 Å². The Hall–Kier alpha value is -3.01. The second kappa shape index (κ2) is 11.2. The molecule has 1 aliphatic carbocycles. The van der Waals surface area contributed by atoms with Crippen molar-refractivity contribution in [3.63, 3.8) is 0 Å². The summed E-state index contributed by atoms with van der Waals surface area (Å²) < 4.78 is 3.42. The lowest BCUT2D eigenvalue weighted by Crippen LogP contribution is -2.41. The first-order chi connectivity index (χ1) is 17.4. The van der Waals surface area contributed by atoms with E-state index in [0.29, 0.717) is 24.5 Å². The van der Waals surface area contributed by atoms with Gasteiger partial charge in [0.2, 0.25) is 0 Å². The van der Waals surface area contributed by atoms with E-state index in [9.17, 15) is 4.79 Å². The number of aryl methyl sites for hydroxylation is 3. The minimum absolute atomic E-state index is 0. The summed E-state index contributed by atoms with van der Waals surface area (Å²) in [5, 5.41) is 21.3. The molecule has 11 heteroatoms. The third kappa shape index (κ3) is 5.49. The summed E-state index contributed by atoms with van der Waals surface area (Å²) in [7, 11) is 0. The Labute approximate surface area is 226 Å². The molecule has 1 saturated carbocycles.